The minimum Gasteiger partial charge on any atom is -0.341 e. The minimum atomic E-state index is -0.484. The number of hydrogen-bond donors (Lipinski definition) is 1. The second-order valence-electron chi connectivity index (χ2n) is 4.97. The lowest BCUT2D eigenvalue weighted by Crippen LogP contribution is -2.42. The Labute approximate surface area is 120 Å². The van der Waals surface area contributed by atoms with E-state index >= 15 is 0 Å². The van der Waals surface area contributed by atoms with E-state index in [1.807, 2.05) is 16.7 Å². The Morgan fingerprint density at radius 3 is 2.85 bits per heavy atom. The zero-order chi connectivity index (χ0) is 14.1. The van der Waals surface area contributed by atoms with Gasteiger partial charge in [-0.15, -0.1) is 0 Å². The lowest BCUT2D eigenvalue weighted by Gasteiger charge is -2.32. The number of amides is 2. The van der Waals surface area contributed by atoms with Crippen molar-refractivity contribution in [1.29, 1.82) is 0 Å². The van der Waals surface area contributed by atoms with Crippen LogP contribution in [0.3, 0.4) is 0 Å². The van der Waals surface area contributed by atoms with Gasteiger partial charge in [0.05, 0.1) is 5.92 Å². The van der Waals surface area contributed by atoms with Crippen LogP contribution < -0.4 is 5.32 Å². The van der Waals surface area contributed by atoms with E-state index in [0.717, 1.165) is 24.6 Å². The summed E-state index contributed by atoms with van der Waals surface area (Å²) >= 11 is 1.83. The summed E-state index contributed by atoms with van der Waals surface area (Å²) in [5, 5.41) is 2.63. The van der Waals surface area contributed by atoms with Crippen LogP contribution in [0.2, 0.25) is 0 Å². The lowest BCUT2D eigenvalue weighted by molar-refractivity contribution is -0.134. The largest absolute Gasteiger partial charge is 0.341 e. The summed E-state index contributed by atoms with van der Waals surface area (Å²) in [5.74, 6) is 0.719. The second-order valence-corrected chi connectivity index (χ2v) is 6.20. The number of carbonyl (C=O) groups excluding carboxylic acids is 2. The Kier molecular flexibility index (Phi) is 3.65. The summed E-state index contributed by atoms with van der Waals surface area (Å²) in [4.78, 5) is 26.1. The van der Waals surface area contributed by atoms with E-state index < -0.39 is 11.7 Å². The van der Waals surface area contributed by atoms with Crippen molar-refractivity contribution in [3.8, 4) is 0 Å². The maximum atomic E-state index is 13.3. The van der Waals surface area contributed by atoms with Crippen LogP contribution in [0.4, 0.5) is 10.1 Å². The van der Waals surface area contributed by atoms with Gasteiger partial charge < -0.3 is 10.2 Å². The van der Waals surface area contributed by atoms with Crippen LogP contribution in [0.15, 0.2) is 18.2 Å². The summed E-state index contributed by atoms with van der Waals surface area (Å²) in [5.41, 5.74) is 1.14. The van der Waals surface area contributed by atoms with Gasteiger partial charge in [-0.2, -0.15) is 11.8 Å². The molecule has 2 heterocycles. The molecule has 1 aromatic rings. The quantitative estimate of drug-likeness (QED) is 0.859. The molecule has 0 aliphatic carbocycles. The number of nitrogens with one attached hydrogen (secondary N) is 1. The van der Waals surface area contributed by atoms with Gasteiger partial charge in [-0.1, -0.05) is 6.07 Å². The summed E-state index contributed by atoms with van der Waals surface area (Å²) < 4.78 is 13.3. The van der Waals surface area contributed by atoms with E-state index in [0.29, 0.717) is 11.3 Å². The van der Waals surface area contributed by atoms with Crippen molar-refractivity contribution in [1.82, 2.24) is 4.90 Å². The van der Waals surface area contributed by atoms with Gasteiger partial charge in [0.2, 0.25) is 11.8 Å². The van der Waals surface area contributed by atoms with Crippen LogP contribution in [0.5, 0.6) is 0 Å². The van der Waals surface area contributed by atoms with Crippen LogP contribution in [0.1, 0.15) is 17.9 Å². The first-order valence-corrected chi connectivity index (χ1v) is 7.76. The van der Waals surface area contributed by atoms with Gasteiger partial charge in [0.25, 0.3) is 0 Å². The molecular formula is C14H15FN2O2S. The highest BCUT2D eigenvalue weighted by Gasteiger charge is 2.34. The molecule has 20 heavy (non-hydrogen) atoms. The third-order valence-corrected chi connectivity index (χ3v) is 4.62. The van der Waals surface area contributed by atoms with Crippen molar-refractivity contribution in [2.24, 2.45) is 0 Å². The third-order valence-electron chi connectivity index (χ3n) is 3.68. The van der Waals surface area contributed by atoms with Gasteiger partial charge >= 0.3 is 0 Å². The van der Waals surface area contributed by atoms with Crippen LogP contribution >= 0.6 is 11.8 Å². The van der Waals surface area contributed by atoms with Gasteiger partial charge in [0.15, 0.2) is 0 Å². The number of hydrogen-bond acceptors (Lipinski definition) is 3. The first-order chi connectivity index (χ1) is 9.65. The number of rotatable bonds is 1. The van der Waals surface area contributed by atoms with Crippen LogP contribution in [-0.4, -0.2) is 41.3 Å². The number of carbonyl (C=O) groups is 2. The zero-order valence-electron chi connectivity index (χ0n) is 10.9. The average molecular weight is 294 g/mol. The summed E-state index contributed by atoms with van der Waals surface area (Å²) in [6.45, 7) is 1.44. The smallest absolute Gasteiger partial charge is 0.230 e. The SMILES string of the molecule is O=C1CC(C(=O)N2CCSCC2)c2ccc(F)cc2N1. The molecule has 1 fully saturated rings. The summed E-state index contributed by atoms with van der Waals surface area (Å²) in [6.07, 6.45) is 0.140. The topological polar surface area (TPSA) is 49.4 Å². The number of nitrogens with zero attached hydrogens (tertiary/aromatic N) is 1. The second kappa shape index (κ2) is 5.44. The van der Waals surface area contributed by atoms with Crippen molar-refractivity contribution in [3.63, 3.8) is 0 Å². The molecule has 1 saturated heterocycles. The molecule has 106 valence electrons. The molecule has 0 aromatic heterocycles. The van der Waals surface area contributed by atoms with E-state index in [1.165, 1.54) is 12.1 Å². The first kappa shape index (κ1) is 13.4. The Balaban J connectivity index is 1.90. The molecule has 2 aliphatic heterocycles. The molecule has 1 unspecified atom stereocenters. The Hall–Kier alpha value is -1.56. The lowest BCUT2D eigenvalue weighted by atomic mass is 9.89. The molecule has 2 amide bonds. The standard InChI is InChI=1S/C14H15FN2O2S/c15-9-1-2-10-11(8-13(18)16-12(10)7-9)14(19)17-3-5-20-6-4-17/h1-2,7,11H,3-6,8H2,(H,16,18). The predicted molar refractivity (Wildman–Crippen MR) is 76.3 cm³/mol. The van der Waals surface area contributed by atoms with Crippen LogP contribution in [0.25, 0.3) is 0 Å². The Bertz CT molecular complexity index is 558. The molecule has 0 radical (unpaired) electrons. The highest BCUT2D eigenvalue weighted by molar-refractivity contribution is 7.99. The zero-order valence-corrected chi connectivity index (χ0v) is 11.7. The number of benzene rings is 1. The van der Waals surface area contributed by atoms with Crippen molar-refractivity contribution < 1.29 is 14.0 Å². The first-order valence-electron chi connectivity index (χ1n) is 6.61. The molecule has 1 aromatic carbocycles. The van der Waals surface area contributed by atoms with Gasteiger partial charge in [-0.05, 0) is 17.7 Å². The third kappa shape index (κ3) is 2.52. The van der Waals surface area contributed by atoms with E-state index in [4.69, 9.17) is 0 Å². The van der Waals surface area contributed by atoms with Crippen molar-refractivity contribution in [3.05, 3.63) is 29.6 Å². The summed E-state index contributed by atoms with van der Waals surface area (Å²) in [6, 6.07) is 4.22. The molecule has 4 nitrogen and oxygen atoms in total. The number of thioether (sulfide) groups is 1. The molecule has 2 aliphatic rings. The predicted octanol–water partition coefficient (Wildman–Crippen LogP) is 1.83. The summed E-state index contributed by atoms with van der Waals surface area (Å²) in [7, 11) is 0. The van der Waals surface area contributed by atoms with Gasteiger partial charge in [-0.25, -0.2) is 4.39 Å². The maximum Gasteiger partial charge on any atom is 0.230 e. The van der Waals surface area contributed by atoms with E-state index in [9.17, 15) is 14.0 Å². The van der Waals surface area contributed by atoms with Gasteiger partial charge in [-0.3, -0.25) is 9.59 Å². The van der Waals surface area contributed by atoms with Crippen LogP contribution in [0, 0.1) is 5.82 Å². The minimum absolute atomic E-state index is 0.0204. The normalized spacial score (nSPS) is 22.1. The molecule has 0 bridgehead atoms. The Morgan fingerprint density at radius 2 is 2.10 bits per heavy atom. The fourth-order valence-corrected chi connectivity index (χ4v) is 3.56. The van der Waals surface area contributed by atoms with E-state index in [1.54, 1.807) is 6.07 Å². The average Bonchev–Trinajstić information content (AvgIpc) is 2.46. The van der Waals surface area contributed by atoms with Crippen molar-refractivity contribution in [2.75, 3.05) is 29.9 Å². The molecule has 3 rings (SSSR count). The molecule has 1 N–H and O–H groups in total. The number of fused-ring (bicyclic) bond motifs is 1. The van der Waals surface area contributed by atoms with Gasteiger partial charge in [0, 0.05) is 36.7 Å². The highest BCUT2D eigenvalue weighted by Crippen LogP contribution is 2.34. The molecule has 0 spiro atoms. The molecule has 0 saturated carbocycles. The van der Waals surface area contributed by atoms with E-state index in [2.05, 4.69) is 5.32 Å². The number of anilines is 1. The highest BCUT2D eigenvalue weighted by atomic mass is 32.2. The van der Waals surface area contributed by atoms with Crippen LogP contribution in [-0.2, 0) is 9.59 Å². The fourth-order valence-electron chi connectivity index (χ4n) is 2.66. The molecule has 6 heteroatoms. The van der Waals surface area contributed by atoms with E-state index in [-0.39, 0.29) is 18.2 Å². The molecule has 1 atom stereocenters. The molecular weight excluding hydrogens is 279 g/mol. The fraction of sp³-hybridized carbons (Fsp3) is 0.429. The maximum absolute atomic E-state index is 13.3. The van der Waals surface area contributed by atoms with Crippen molar-refractivity contribution in [2.45, 2.75) is 12.3 Å². The van der Waals surface area contributed by atoms with Crippen molar-refractivity contribution >= 4 is 29.3 Å². The Morgan fingerprint density at radius 1 is 1.35 bits per heavy atom. The van der Waals surface area contributed by atoms with Gasteiger partial charge in [0.1, 0.15) is 5.82 Å². The monoisotopic (exact) mass is 294 g/mol. The number of halogens is 1.